The maximum absolute atomic E-state index is 5.63. The molecule has 0 bridgehead atoms. The normalized spacial score (nSPS) is 24.0. The molecule has 108 valence electrons. The Morgan fingerprint density at radius 3 is 2.89 bits per heavy atom. The maximum Gasteiger partial charge on any atom is 0.0547 e. The Kier molecular flexibility index (Phi) is 7.82. The number of ether oxygens (including phenoxy) is 2. The quantitative estimate of drug-likeness (QED) is 0.600. The molecule has 0 aliphatic carbocycles. The van der Waals surface area contributed by atoms with Crippen LogP contribution >= 0.6 is 0 Å². The lowest BCUT2D eigenvalue weighted by atomic mass is 9.86. The van der Waals surface area contributed by atoms with Gasteiger partial charge in [0.05, 0.1) is 6.61 Å². The number of rotatable bonds is 10. The van der Waals surface area contributed by atoms with Crippen molar-refractivity contribution in [2.45, 2.75) is 26.2 Å². The van der Waals surface area contributed by atoms with Gasteiger partial charge in [-0.05, 0) is 32.9 Å². The lowest BCUT2D eigenvalue weighted by molar-refractivity contribution is 0.112. The SMILES string of the molecule is CCCNCC1(CN(C)CCCOC)CCOC1. The summed E-state index contributed by atoms with van der Waals surface area (Å²) >= 11 is 0. The van der Waals surface area contributed by atoms with Gasteiger partial charge in [-0.15, -0.1) is 0 Å². The topological polar surface area (TPSA) is 33.7 Å². The van der Waals surface area contributed by atoms with E-state index < -0.39 is 0 Å². The van der Waals surface area contributed by atoms with Gasteiger partial charge in [0.25, 0.3) is 0 Å². The van der Waals surface area contributed by atoms with Crippen LogP contribution in [0, 0.1) is 5.41 Å². The van der Waals surface area contributed by atoms with Gasteiger partial charge < -0.3 is 19.7 Å². The van der Waals surface area contributed by atoms with Crippen LogP contribution in [0.2, 0.25) is 0 Å². The Morgan fingerprint density at radius 1 is 1.44 bits per heavy atom. The summed E-state index contributed by atoms with van der Waals surface area (Å²) < 4.78 is 10.7. The summed E-state index contributed by atoms with van der Waals surface area (Å²) in [6, 6.07) is 0. The van der Waals surface area contributed by atoms with E-state index in [0.29, 0.717) is 5.41 Å². The Labute approximate surface area is 112 Å². The van der Waals surface area contributed by atoms with Crippen LogP contribution in [-0.4, -0.2) is 65.1 Å². The van der Waals surface area contributed by atoms with Crippen LogP contribution < -0.4 is 5.32 Å². The molecule has 0 spiro atoms. The first kappa shape index (κ1) is 15.9. The molecule has 18 heavy (non-hydrogen) atoms. The number of nitrogens with zero attached hydrogens (tertiary/aromatic N) is 1. The van der Waals surface area contributed by atoms with Crippen molar-refractivity contribution >= 4 is 0 Å². The summed E-state index contributed by atoms with van der Waals surface area (Å²) in [6.45, 7) is 9.28. The van der Waals surface area contributed by atoms with Crippen LogP contribution in [0.3, 0.4) is 0 Å². The first-order valence-electron chi connectivity index (χ1n) is 7.18. The molecule has 1 aliphatic rings. The lowest BCUT2D eigenvalue weighted by Gasteiger charge is -2.32. The molecule has 1 heterocycles. The van der Waals surface area contributed by atoms with Gasteiger partial charge in [0.1, 0.15) is 0 Å². The predicted molar refractivity (Wildman–Crippen MR) is 75.0 cm³/mol. The van der Waals surface area contributed by atoms with Gasteiger partial charge in [-0.25, -0.2) is 0 Å². The van der Waals surface area contributed by atoms with E-state index in [-0.39, 0.29) is 0 Å². The third-order valence-corrected chi connectivity index (χ3v) is 3.61. The zero-order valence-corrected chi connectivity index (χ0v) is 12.3. The zero-order valence-electron chi connectivity index (χ0n) is 12.3. The summed E-state index contributed by atoms with van der Waals surface area (Å²) in [6.07, 6.45) is 3.48. The summed E-state index contributed by atoms with van der Waals surface area (Å²) in [5, 5.41) is 3.56. The fourth-order valence-corrected chi connectivity index (χ4v) is 2.63. The van der Waals surface area contributed by atoms with Crippen LogP contribution in [0.15, 0.2) is 0 Å². The molecule has 0 aromatic carbocycles. The van der Waals surface area contributed by atoms with E-state index in [1.54, 1.807) is 7.11 Å². The van der Waals surface area contributed by atoms with Crippen LogP contribution in [-0.2, 0) is 9.47 Å². The van der Waals surface area contributed by atoms with Crippen LogP contribution in [0.25, 0.3) is 0 Å². The van der Waals surface area contributed by atoms with Gasteiger partial charge in [0.2, 0.25) is 0 Å². The fraction of sp³-hybridized carbons (Fsp3) is 1.00. The Bertz CT molecular complexity index is 206. The molecule has 1 aliphatic heterocycles. The van der Waals surface area contributed by atoms with Crippen molar-refractivity contribution in [2.24, 2.45) is 5.41 Å². The summed E-state index contributed by atoms with van der Waals surface area (Å²) in [5.74, 6) is 0. The highest BCUT2D eigenvalue weighted by Crippen LogP contribution is 2.28. The first-order chi connectivity index (χ1) is 8.72. The van der Waals surface area contributed by atoms with Crippen molar-refractivity contribution in [1.29, 1.82) is 0 Å². The van der Waals surface area contributed by atoms with E-state index in [1.807, 2.05) is 0 Å². The van der Waals surface area contributed by atoms with Gasteiger partial charge in [-0.1, -0.05) is 6.92 Å². The maximum atomic E-state index is 5.63. The molecule has 1 atom stereocenters. The zero-order chi connectivity index (χ0) is 13.3. The van der Waals surface area contributed by atoms with Crippen molar-refractivity contribution in [2.75, 3.05) is 60.2 Å². The van der Waals surface area contributed by atoms with Gasteiger partial charge in [-0.2, -0.15) is 0 Å². The number of methoxy groups -OCH3 is 1. The minimum Gasteiger partial charge on any atom is -0.385 e. The van der Waals surface area contributed by atoms with E-state index in [1.165, 1.54) is 12.8 Å². The van der Waals surface area contributed by atoms with Gasteiger partial charge >= 0.3 is 0 Å². The second-order valence-electron chi connectivity index (χ2n) is 5.56. The van der Waals surface area contributed by atoms with Crippen LogP contribution in [0.5, 0.6) is 0 Å². The Morgan fingerprint density at radius 2 is 2.28 bits per heavy atom. The van der Waals surface area contributed by atoms with Crippen molar-refractivity contribution < 1.29 is 9.47 Å². The number of hydrogen-bond acceptors (Lipinski definition) is 4. The molecule has 1 fully saturated rings. The summed E-state index contributed by atoms with van der Waals surface area (Å²) in [4.78, 5) is 2.42. The number of nitrogens with one attached hydrogen (secondary N) is 1. The summed E-state index contributed by atoms with van der Waals surface area (Å²) in [7, 11) is 3.97. The van der Waals surface area contributed by atoms with Crippen molar-refractivity contribution in [3.8, 4) is 0 Å². The second kappa shape index (κ2) is 8.86. The Balaban J connectivity index is 2.31. The molecule has 0 amide bonds. The largest absolute Gasteiger partial charge is 0.385 e. The van der Waals surface area contributed by atoms with Crippen molar-refractivity contribution in [3.05, 3.63) is 0 Å². The van der Waals surface area contributed by atoms with E-state index in [2.05, 4.69) is 24.2 Å². The third kappa shape index (κ3) is 5.65. The molecule has 1 unspecified atom stereocenters. The number of hydrogen-bond donors (Lipinski definition) is 1. The van der Waals surface area contributed by atoms with E-state index in [0.717, 1.165) is 52.4 Å². The van der Waals surface area contributed by atoms with E-state index in [4.69, 9.17) is 9.47 Å². The Hall–Kier alpha value is -0.160. The molecule has 4 nitrogen and oxygen atoms in total. The minimum absolute atomic E-state index is 0.316. The van der Waals surface area contributed by atoms with Crippen LogP contribution in [0.1, 0.15) is 26.2 Å². The highest BCUT2D eigenvalue weighted by atomic mass is 16.5. The molecule has 0 radical (unpaired) electrons. The van der Waals surface area contributed by atoms with Crippen LogP contribution in [0.4, 0.5) is 0 Å². The molecule has 4 heteroatoms. The highest BCUT2D eigenvalue weighted by molar-refractivity contribution is 4.87. The molecule has 1 saturated heterocycles. The van der Waals surface area contributed by atoms with Crippen molar-refractivity contribution in [1.82, 2.24) is 10.2 Å². The molecular weight excluding hydrogens is 228 g/mol. The van der Waals surface area contributed by atoms with Crippen molar-refractivity contribution in [3.63, 3.8) is 0 Å². The second-order valence-corrected chi connectivity index (χ2v) is 5.56. The first-order valence-corrected chi connectivity index (χ1v) is 7.18. The smallest absolute Gasteiger partial charge is 0.0547 e. The average Bonchev–Trinajstić information content (AvgIpc) is 2.78. The predicted octanol–water partition coefficient (Wildman–Crippen LogP) is 1.36. The molecule has 0 saturated carbocycles. The van der Waals surface area contributed by atoms with E-state index >= 15 is 0 Å². The highest BCUT2D eigenvalue weighted by Gasteiger charge is 2.35. The molecule has 0 aromatic rings. The lowest BCUT2D eigenvalue weighted by Crippen LogP contribution is -2.44. The molecule has 1 N–H and O–H groups in total. The monoisotopic (exact) mass is 258 g/mol. The van der Waals surface area contributed by atoms with Gasteiger partial charge in [-0.3, -0.25) is 0 Å². The fourth-order valence-electron chi connectivity index (χ4n) is 2.63. The van der Waals surface area contributed by atoms with E-state index in [9.17, 15) is 0 Å². The van der Waals surface area contributed by atoms with Gasteiger partial charge in [0.15, 0.2) is 0 Å². The summed E-state index contributed by atoms with van der Waals surface area (Å²) in [5.41, 5.74) is 0.316. The molecule has 0 aromatic heterocycles. The standard InChI is InChI=1S/C14H30N2O2/c1-4-7-15-11-14(6-10-18-13-14)12-16(2)8-5-9-17-3/h15H,4-13H2,1-3H3. The minimum atomic E-state index is 0.316. The molecular formula is C14H30N2O2. The molecule has 1 rings (SSSR count). The average molecular weight is 258 g/mol. The third-order valence-electron chi connectivity index (χ3n) is 3.61. The van der Waals surface area contributed by atoms with Gasteiger partial charge in [0, 0.05) is 45.4 Å².